The van der Waals surface area contributed by atoms with E-state index in [1.54, 1.807) is 17.0 Å². The minimum atomic E-state index is -0.134. The van der Waals surface area contributed by atoms with Gasteiger partial charge in [0.2, 0.25) is 5.91 Å². The molecule has 0 fully saturated rings. The lowest BCUT2D eigenvalue weighted by molar-refractivity contribution is -0.117. The van der Waals surface area contributed by atoms with Crippen molar-refractivity contribution in [1.29, 1.82) is 0 Å². The fourth-order valence-electron chi connectivity index (χ4n) is 2.06. The van der Waals surface area contributed by atoms with Gasteiger partial charge in [-0.2, -0.15) is 5.10 Å². The highest BCUT2D eigenvalue weighted by atomic mass is 16.5. The number of carbonyl (C=O) groups excluding carboxylic acids is 1. The number of nitrogens with one attached hydrogen (secondary N) is 1. The molecule has 0 unspecified atom stereocenters. The number of rotatable bonds is 6. The van der Waals surface area contributed by atoms with Crippen LogP contribution in [0.15, 0.2) is 42.7 Å². The number of carbonyl (C=O) groups is 1. The minimum Gasteiger partial charge on any atom is -0.494 e. The van der Waals surface area contributed by atoms with Crippen molar-refractivity contribution in [1.82, 2.24) is 15.1 Å². The number of nitrogens with zero attached hydrogens (tertiary/aromatic N) is 2. The molecule has 0 spiro atoms. The highest BCUT2D eigenvalue weighted by molar-refractivity contribution is 5.91. The molecule has 5 nitrogen and oxygen atoms in total. The van der Waals surface area contributed by atoms with E-state index in [0.717, 1.165) is 16.9 Å². The Hall–Kier alpha value is -2.56. The lowest BCUT2D eigenvalue weighted by Crippen LogP contribution is -2.24. The van der Waals surface area contributed by atoms with Crippen LogP contribution in [0.1, 0.15) is 31.0 Å². The van der Waals surface area contributed by atoms with Gasteiger partial charge < -0.3 is 10.1 Å². The fourth-order valence-corrected chi connectivity index (χ4v) is 2.06. The van der Waals surface area contributed by atoms with Gasteiger partial charge in [-0.1, -0.05) is 12.1 Å². The summed E-state index contributed by atoms with van der Waals surface area (Å²) in [7, 11) is 1.84. The second-order valence-corrected chi connectivity index (χ2v) is 5.01. The molecule has 0 aliphatic carbocycles. The van der Waals surface area contributed by atoms with Crippen LogP contribution in [0, 0.1) is 0 Å². The molecular weight excluding hydrogens is 278 g/mol. The van der Waals surface area contributed by atoms with Crippen molar-refractivity contribution in [2.45, 2.75) is 19.9 Å². The topological polar surface area (TPSA) is 56.1 Å². The number of aryl methyl sites for hydroxylation is 1. The maximum Gasteiger partial charge on any atom is 0.244 e. The molecule has 1 N–H and O–H groups in total. The summed E-state index contributed by atoms with van der Waals surface area (Å²) in [6.07, 6.45) is 6.81. The molecule has 0 aliphatic rings. The molecule has 2 aromatic rings. The number of hydrogen-bond acceptors (Lipinski definition) is 3. The van der Waals surface area contributed by atoms with E-state index in [4.69, 9.17) is 4.74 Å². The third-order valence-corrected chi connectivity index (χ3v) is 3.20. The molecule has 2 rings (SSSR count). The number of benzene rings is 1. The third-order valence-electron chi connectivity index (χ3n) is 3.20. The van der Waals surface area contributed by atoms with Crippen LogP contribution >= 0.6 is 0 Å². The van der Waals surface area contributed by atoms with Gasteiger partial charge in [0.05, 0.1) is 18.8 Å². The van der Waals surface area contributed by atoms with Gasteiger partial charge in [0.1, 0.15) is 5.75 Å². The SMILES string of the molecule is CCOc1ccc([C@@H](C)NC(=O)/C=C/c2cnn(C)c2)cc1. The molecule has 1 amide bonds. The molecule has 5 heteroatoms. The molecule has 116 valence electrons. The second kappa shape index (κ2) is 7.45. The molecule has 0 bridgehead atoms. The lowest BCUT2D eigenvalue weighted by atomic mass is 10.1. The van der Waals surface area contributed by atoms with Crippen LogP contribution in [-0.2, 0) is 11.8 Å². The molecule has 1 aromatic carbocycles. The van der Waals surface area contributed by atoms with E-state index < -0.39 is 0 Å². The zero-order chi connectivity index (χ0) is 15.9. The number of ether oxygens (including phenoxy) is 1. The molecule has 1 heterocycles. The Kier molecular flexibility index (Phi) is 5.36. The number of hydrogen-bond donors (Lipinski definition) is 1. The Labute approximate surface area is 130 Å². The molecule has 0 saturated carbocycles. The summed E-state index contributed by atoms with van der Waals surface area (Å²) < 4.78 is 7.10. The summed E-state index contributed by atoms with van der Waals surface area (Å²) in [4.78, 5) is 11.9. The lowest BCUT2D eigenvalue weighted by Gasteiger charge is -2.13. The summed E-state index contributed by atoms with van der Waals surface area (Å²) in [6, 6.07) is 7.67. The van der Waals surface area contributed by atoms with E-state index in [1.807, 2.05) is 51.4 Å². The average Bonchev–Trinajstić information content (AvgIpc) is 2.92. The number of amides is 1. The predicted molar refractivity (Wildman–Crippen MR) is 86.4 cm³/mol. The first-order valence-electron chi connectivity index (χ1n) is 7.28. The van der Waals surface area contributed by atoms with Gasteiger partial charge in [-0.15, -0.1) is 0 Å². The second-order valence-electron chi connectivity index (χ2n) is 5.01. The van der Waals surface area contributed by atoms with Crippen LogP contribution in [-0.4, -0.2) is 22.3 Å². The van der Waals surface area contributed by atoms with E-state index in [2.05, 4.69) is 10.4 Å². The first kappa shape index (κ1) is 15.8. The van der Waals surface area contributed by atoms with Crippen molar-refractivity contribution >= 4 is 12.0 Å². The number of aromatic nitrogens is 2. The summed E-state index contributed by atoms with van der Waals surface area (Å²) in [5.74, 6) is 0.700. The van der Waals surface area contributed by atoms with Crippen LogP contribution in [0.25, 0.3) is 6.08 Å². The van der Waals surface area contributed by atoms with Crippen molar-refractivity contribution in [3.63, 3.8) is 0 Å². The van der Waals surface area contributed by atoms with E-state index >= 15 is 0 Å². The van der Waals surface area contributed by atoms with Gasteiger partial charge in [0.25, 0.3) is 0 Å². The Morgan fingerprint density at radius 3 is 2.73 bits per heavy atom. The van der Waals surface area contributed by atoms with Crippen LogP contribution in [0.3, 0.4) is 0 Å². The predicted octanol–water partition coefficient (Wildman–Crippen LogP) is 2.71. The monoisotopic (exact) mass is 299 g/mol. The summed E-state index contributed by atoms with van der Waals surface area (Å²) in [5, 5.41) is 6.98. The summed E-state index contributed by atoms with van der Waals surface area (Å²) in [6.45, 7) is 4.54. The Morgan fingerprint density at radius 1 is 1.41 bits per heavy atom. The van der Waals surface area contributed by atoms with Gasteiger partial charge in [0.15, 0.2) is 0 Å². The molecule has 0 radical (unpaired) electrons. The van der Waals surface area contributed by atoms with Crippen LogP contribution in [0.4, 0.5) is 0 Å². The highest BCUT2D eigenvalue weighted by Crippen LogP contribution is 2.17. The minimum absolute atomic E-state index is 0.0678. The van der Waals surface area contributed by atoms with E-state index in [-0.39, 0.29) is 11.9 Å². The molecule has 0 saturated heterocycles. The average molecular weight is 299 g/mol. The quantitative estimate of drug-likeness (QED) is 0.834. The molecule has 0 aliphatic heterocycles. The van der Waals surface area contributed by atoms with Crippen LogP contribution in [0.2, 0.25) is 0 Å². The van der Waals surface area contributed by atoms with Crippen molar-refractivity contribution in [2.24, 2.45) is 7.05 Å². The van der Waals surface area contributed by atoms with E-state index in [0.29, 0.717) is 6.61 Å². The molecule has 1 atom stereocenters. The largest absolute Gasteiger partial charge is 0.494 e. The van der Waals surface area contributed by atoms with Gasteiger partial charge in [-0.25, -0.2) is 0 Å². The van der Waals surface area contributed by atoms with Gasteiger partial charge >= 0.3 is 0 Å². The van der Waals surface area contributed by atoms with Gasteiger partial charge in [-0.05, 0) is 37.6 Å². The Balaban J connectivity index is 1.91. The highest BCUT2D eigenvalue weighted by Gasteiger charge is 2.07. The smallest absolute Gasteiger partial charge is 0.244 e. The van der Waals surface area contributed by atoms with Crippen molar-refractivity contribution in [3.8, 4) is 5.75 Å². The Bertz CT molecular complexity index is 644. The first-order chi connectivity index (χ1) is 10.6. The fraction of sp³-hybridized carbons (Fsp3) is 0.294. The van der Waals surface area contributed by atoms with E-state index in [1.165, 1.54) is 6.08 Å². The summed E-state index contributed by atoms with van der Waals surface area (Å²) in [5.41, 5.74) is 1.93. The maximum atomic E-state index is 11.9. The normalized spacial score (nSPS) is 12.3. The first-order valence-corrected chi connectivity index (χ1v) is 7.28. The van der Waals surface area contributed by atoms with Crippen molar-refractivity contribution < 1.29 is 9.53 Å². The third kappa shape index (κ3) is 4.48. The standard InChI is InChI=1S/C17H21N3O2/c1-4-22-16-8-6-15(7-9-16)13(2)19-17(21)10-5-14-11-18-20(3)12-14/h5-13H,4H2,1-3H3,(H,19,21)/b10-5+/t13-/m1/s1. The van der Waals surface area contributed by atoms with E-state index in [9.17, 15) is 4.79 Å². The van der Waals surface area contributed by atoms with Crippen molar-refractivity contribution in [3.05, 3.63) is 53.9 Å². The zero-order valence-electron chi connectivity index (χ0n) is 13.1. The van der Waals surface area contributed by atoms with Crippen LogP contribution in [0.5, 0.6) is 5.75 Å². The van der Waals surface area contributed by atoms with Crippen LogP contribution < -0.4 is 10.1 Å². The van der Waals surface area contributed by atoms with Gasteiger partial charge in [-0.3, -0.25) is 9.48 Å². The van der Waals surface area contributed by atoms with Gasteiger partial charge in [0, 0.05) is 24.9 Å². The molecule has 22 heavy (non-hydrogen) atoms. The molecular formula is C17H21N3O2. The summed E-state index contributed by atoms with van der Waals surface area (Å²) >= 11 is 0. The zero-order valence-corrected chi connectivity index (χ0v) is 13.1. The van der Waals surface area contributed by atoms with Crippen molar-refractivity contribution in [2.75, 3.05) is 6.61 Å². The maximum absolute atomic E-state index is 11.9. The Morgan fingerprint density at radius 2 is 2.14 bits per heavy atom. The molecule has 1 aromatic heterocycles.